The quantitative estimate of drug-likeness (QED) is 0.628. The van der Waals surface area contributed by atoms with E-state index in [-0.39, 0.29) is 0 Å². The van der Waals surface area contributed by atoms with Crippen molar-refractivity contribution in [1.29, 1.82) is 0 Å². The van der Waals surface area contributed by atoms with Crippen LogP contribution < -0.4 is 17.2 Å². The Balaban J connectivity index is 2.23. The molecular weight excluding hydrogens is 226 g/mol. The van der Waals surface area contributed by atoms with Crippen molar-refractivity contribution in [3.63, 3.8) is 0 Å². The normalized spacial score (nSPS) is 10.2. The summed E-state index contributed by atoms with van der Waals surface area (Å²) in [6.07, 6.45) is 2.99. The second kappa shape index (κ2) is 4.19. The Labute approximate surface area is 95.5 Å². The van der Waals surface area contributed by atoms with E-state index in [1.807, 2.05) is 0 Å². The van der Waals surface area contributed by atoms with Crippen LogP contribution in [0.5, 0.6) is 0 Å². The Bertz CT molecular complexity index is 478. The highest BCUT2D eigenvalue weighted by atomic mass is 32.2. The van der Waals surface area contributed by atoms with E-state index in [2.05, 4.69) is 19.9 Å². The monoisotopic (exact) mass is 235 g/mol. The van der Waals surface area contributed by atoms with Crippen LogP contribution in [0, 0.1) is 0 Å². The molecule has 2 aromatic heterocycles. The molecule has 0 fully saturated rings. The van der Waals surface area contributed by atoms with Crippen LogP contribution in [-0.2, 0) is 0 Å². The largest absolute Gasteiger partial charge is 0.383 e. The van der Waals surface area contributed by atoms with Gasteiger partial charge in [-0.2, -0.15) is 0 Å². The molecule has 0 saturated carbocycles. The molecule has 0 radical (unpaired) electrons. The second-order valence-corrected chi connectivity index (χ2v) is 3.87. The van der Waals surface area contributed by atoms with Crippen molar-refractivity contribution in [1.82, 2.24) is 19.9 Å². The molecule has 0 atom stereocenters. The van der Waals surface area contributed by atoms with E-state index in [0.717, 1.165) is 0 Å². The molecule has 0 amide bonds. The van der Waals surface area contributed by atoms with Gasteiger partial charge in [0.2, 0.25) is 0 Å². The molecule has 2 aromatic rings. The van der Waals surface area contributed by atoms with Gasteiger partial charge in [0.1, 0.15) is 22.5 Å². The van der Waals surface area contributed by atoms with Gasteiger partial charge in [0.05, 0.1) is 12.4 Å². The van der Waals surface area contributed by atoms with Gasteiger partial charge >= 0.3 is 0 Å². The standard InChI is InChI=1S/C8H9N7S/c9-4-1-5(10)15-8(14-4)16-7-3-12-6(11)2-13-7/h1-3H,(H2,11,12)(H4,9,10,14,15). The molecule has 0 unspecified atom stereocenters. The van der Waals surface area contributed by atoms with Crippen LogP contribution in [0.25, 0.3) is 0 Å². The fourth-order valence-corrected chi connectivity index (χ4v) is 1.68. The Kier molecular flexibility index (Phi) is 2.73. The summed E-state index contributed by atoms with van der Waals surface area (Å²) in [5.41, 5.74) is 16.5. The molecule has 0 saturated heterocycles. The molecule has 0 aliphatic carbocycles. The van der Waals surface area contributed by atoms with Crippen molar-refractivity contribution in [3.8, 4) is 0 Å². The second-order valence-electron chi connectivity index (χ2n) is 2.88. The average molecular weight is 235 g/mol. The molecule has 82 valence electrons. The SMILES string of the molecule is Nc1cnc(Sc2nc(N)cc(N)n2)cn1. The van der Waals surface area contributed by atoms with E-state index < -0.39 is 0 Å². The molecule has 6 N–H and O–H groups in total. The van der Waals surface area contributed by atoms with Gasteiger partial charge in [-0.25, -0.2) is 19.9 Å². The summed E-state index contributed by atoms with van der Waals surface area (Å²) in [7, 11) is 0. The van der Waals surface area contributed by atoms with Crippen LogP contribution in [0.1, 0.15) is 0 Å². The predicted molar refractivity (Wildman–Crippen MR) is 61.4 cm³/mol. The minimum absolute atomic E-state index is 0.318. The molecule has 0 aliphatic rings. The van der Waals surface area contributed by atoms with Gasteiger partial charge in [0.15, 0.2) is 5.16 Å². The molecule has 2 rings (SSSR count). The van der Waals surface area contributed by atoms with E-state index in [9.17, 15) is 0 Å². The van der Waals surface area contributed by atoms with Crippen molar-refractivity contribution >= 4 is 29.2 Å². The van der Waals surface area contributed by atoms with Crippen molar-refractivity contribution in [3.05, 3.63) is 18.5 Å². The summed E-state index contributed by atoms with van der Waals surface area (Å²) in [5.74, 6) is 0.995. The smallest absolute Gasteiger partial charge is 0.197 e. The van der Waals surface area contributed by atoms with E-state index in [4.69, 9.17) is 17.2 Å². The first-order chi connectivity index (χ1) is 7.63. The van der Waals surface area contributed by atoms with Crippen LogP contribution in [0.4, 0.5) is 17.5 Å². The number of nitrogen functional groups attached to an aromatic ring is 3. The first kappa shape index (κ1) is 10.4. The van der Waals surface area contributed by atoms with Gasteiger partial charge in [0.25, 0.3) is 0 Å². The highest BCUT2D eigenvalue weighted by molar-refractivity contribution is 7.99. The fourth-order valence-electron chi connectivity index (χ4n) is 0.980. The van der Waals surface area contributed by atoms with Crippen molar-refractivity contribution in [2.24, 2.45) is 0 Å². The Hall–Kier alpha value is -2.09. The zero-order valence-corrected chi connectivity index (χ0v) is 8.98. The minimum Gasteiger partial charge on any atom is -0.383 e. The van der Waals surface area contributed by atoms with E-state index in [1.54, 1.807) is 0 Å². The third-order valence-electron chi connectivity index (χ3n) is 1.59. The lowest BCUT2D eigenvalue weighted by molar-refractivity contribution is 0.971. The number of anilines is 3. The van der Waals surface area contributed by atoms with Crippen LogP contribution >= 0.6 is 11.8 Å². The van der Waals surface area contributed by atoms with Crippen molar-refractivity contribution in [2.75, 3.05) is 17.2 Å². The van der Waals surface area contributed by atoms with Crippen molar-refractivity contribution < 1.29 is 0 Å². The van der Waals surface area contributed by atoms with Crippen LogP contribution in [0.15, 0.2) is 28.6 Å². The topological polar surface area (TPSA) is 130 Å². The van der Waals surface area contributed by atoms with Gasteiger partial charge in [-0.15, -0.1) is 0 Å². The minimum atomic E-state index is 0.318. The first-order valence-corrected chi connectivity index (χ1v) is 5.10. The highest BCUT2D eigenvalue weighted by Crippen LogP contribution is 2.23. The molecular formula is C8H9N7S. The van der Waals surface area contributed by atoms with Gasteiger partial charge in [-0.3, -0.25) is 0 Å². The fraction of sp³-hybridized carbons (Fsp3) is 0. The van der Waals surface area contributed by atoms with Crippen LogP contribution in [0.2, 0.25) is 0 Å². The van der Waals surface area contributed by atoms with Crippen LogP contribution in [0.3, 0.4) is 0 Å². The molecule has 0 spiro atoms. The van der Waals surface area contributed by atoms with E-state index in [0.29, 0.717) is 27.6 Å². The number of nitrogens with zero attached hydrogens (tertiary/aromatic N) is 4. The lowest BCUT2D eigenvalue weighted by Crippen LogP contribution is -1.99. The third-order valence-corrected chi connectivity index (χ3v) is 2.37. The van der Waals surface area contributed by atoms with E-state index in [1.165, 1.54) is 30.2 Å². The molecule has 16 heavy (non-hydrogen) atoms. The summed E-state index contributed by atoms with van der Waals surface area (Å²) in [6, 6.07) is 1.48. The van der Waals surface area contributed by atoms with Gasteiger partial charge in [-0.1, -0.05) is 0 Å². The highest BCUT2D eigenvalue weighted by Gasteiger charge is 2.04. The number of hydrogen-bond acceptors (Lipinski definition) is 8. The summed E-state index contributed by atoms with van der Waals surface area (Å²) >= 11 is 1.21. The summed E-state index contributed by atoms with van der Waals surface area (Å²) in [6.45, 7) is 0. The molecule has 2 heterocycles. The average Bonchev–Trinajstić information content (AvgIpc) is 2.20. The zero-order valence-electron chi connectivity index (χ0n) is 8.16. The summed E-state index contributed by atoms with van der Waals surface area (Å²) in [5, 5.41) is 1.05. The number of hydrogen-bond donors (Lipinski definition) is 3. The molecule has 8 heteroatoms. The summed E-state index contributed by atoms with van der Waals surface area (Å²) in [4.78, 5) is 15.9. The van der Waals surface area contributed by atoms with Gasteiger partial charge in [0, 0.05) is 6.07 Å². The molecule has 0 aromatic carbocycles. The van der Waals surface area contributed by atoms with E-state index >= 15 is 0 Å². The lowest BCUT2D eigenvalue weighted by Gasteiger charge is -2.01. The maximum Gasteiger partial charge on any atom is 0.197 e. The predicted octanol–water partition coefficient (Wildman–Crippen LogP) is 0.164. The maximum absolute atomic E-state index is 5.54. The zero-order chi connectivity index (χ0) is 11.5. The lowest BCUT2D eigenvalue weighted by atomic mass is 10.5. The molecule has 0 bridgehead atoms. The first-order valence-electron chi connectivity index (χ1n) is 4.29. The molecule has 0 aliphatic heterocycles. The summed E-state index contributed by atoms with van der Waals surface area (Å²) < 4.78 is 0. The van der Waals surface area contributed by atoms with Gasteiger partial charge < -0.3 is 17.2 Å². The number of aromatic nitrogens is 4. The van der Waals surface area contributed by atoms with Gasteiger partial charge in [-0.05, 0) is 11.8 Å². The Morgan fingerprint density at radius 2 is 1.56 bits per heavy atom. The molecule has 7 nitrogen and oxygen atoms in total. The third kappa shape index (κ3) is 2.48. The maximum atomic E-state index is 5.54. The Morgan fingerprint density at radius 3 is 2.12 bits per heavy atom. The van der Waals surface area contributed by atoms with Crippen LogP contribution in [-0.4, -0.2) is 19.9 Å². The number of rotatable bonds is 2. The Morgan fingerprint density at radius 1 is 0.875 bits per heavy atom. The van der Waals surface area contributed by atoms with Crippen molar-refractivity contribution in [2.45, 2.75) is 10.2 Å². The number of nitrogens with two attached hydrogens (primary N) is 3.